The van der Waals surface area contributed by atoms with Gasteiger partial charge in [-0.2, -0.15) is 0 Å². The van der Waals surface area contributed by atoms with E-state index < -0.39 is 0 Å². The molecule has 0 bridgehead atoms. The number of esters is 1. The summed E-state index contributed by atoms with van der Waals surface area (Å²) in [5, 5.41) is 0.606. The summed E-state index contributed by atoms with van der Waals surface area (Å²) in [5.41, 5.74) is 0.631. The first-order chi connectivity index (χ1) is 14.0. The molecule has 0 amide bonds. The van der Waals surface area contributed by atoms with Gasteiger partial charge in [0.1, 0.15) is 10.7 Å². The molecule has 0 N–H and O–H groups in total. The summed E-state index contributed by atoms with van der Waals surface area (Å²) in [5.74, 6) is 1.39. The number of fused-ring (bicyclic) bond motifs is 1. The Kier molecular flexibility index (Phi) is 6.53. The normalized spacial score (nSPS) is 10.9. The maximum atomic E-state index is 13.2. The number of rotatable bonds is 8. The second-order valence-electron chi connectivity index (χ2n) is 6.43. The molecule has 0 spiro atoms. The average Bonchev–Trinajstić information content (AvgIpc) is 3.18. The van der Waals surface area contributed by atoms with Gasteiger partial charge < -0.3 is 14.2 Å². The third-order valence-electron chi connectivity index (χ3n) is 4.68. The quantitative estimate of drug-likeness (QED) is 0.522. The summed E-state index contributed by atoms with van der Waals surface area (Å²) in [6.07, 6.45) is 1.55. The first-order valence-corrected chi connectivity index (χ1v) is 10.2. The van der Waals surface area contributed by atoms with E-state index in [0.29, 0.717) is 40.5 Å². The Hall–Kier alpha value is -2.87. The second kappa shape index (κ2) is 9.09. The van der Waals surface area contributed by atoms with Crippen molar-refractivity contribution in [3.8, 4) is 22.9 Å². The van der Waals surface area contributed by atoms with E-state index in [4.69, 9.17) is 19.2 Å². The van der Waals surface area contributed by atoms with Gasteiger partial charge in [-0.25, -0.2) is 4.98 Å². The Balaban J connectivity index is 2.14. The van der Waals surface area contributed by atoms with Crippen molar-refractivity contribution >= 4 is 27.5 Å². The number of benzene rings is 1. The van der Waals surface area contributed by atoms with Crippen LogP contribution >= 0.6 is 11.3 Å². The summed E-state index contributed by atoms with van der Waals surface area (Å²) in [7, 11) is 4.49. The summed E-state index contributed by atoms with van der Waals surface area (Å²) < 4.78 is 17.0. The number of nitrogens with zero attached hydrogens (tertiary/aromatic N) is 2. The molecule has 1 aromatic carbocycles. The van der Waals surface area contributed by atoms with Gasteiger partial charge in [-0.1, -0.05) is 6.92 Å². The van der Waals surface area contributed by atoms with E-state index >= 15 is 0 Å². The second-order valence-corrected chi connectivity index (χ2v) is 7.54. The topological polar surface area (TPSA) is 79.7 Å². The van der Waals surface area contributed by atoms with Crippen LogP contribution in [0.2, 0.25) is 0 Å². The Morgan fingerprint density at radius 3 is 2.55 bits per heavy atom. The number of hydrogen-bond acceptors (Lipinski definition) is 7. The average molecular weight is 416 g/mol. The number of hydrogen-bond donors (Lipinski definition) is 0. The molecule has 154 valence electrons. The maximum Gasteiger partial charge on any atom is 0.305 e. The largest absolute Gasteiger partial charge is 0.493 e. The number of thiophene rings is 1. The minimum atomic E-state index is -0.302. The van der Waals surface area contributed by atoms with E-state index in [0.717, 1.165) is 16.9 Å². The molecule has 0 radical (unpaired) electrons. The standard InChI is InChI=1S/C21H24N2O5S/c1-5-14-12-15-20(29-14)22-19(13-8-9-16(26-2)17(11-13)27-3)23(21(15)25)10-6-7-18(24)28-4/h8-9,11-12H,5-7,10H2,1-4H3. The van der Waals surface area contributed by atoms with Gasteiger partial charge in [0.05, 0.1) is 26.7 Å². The summed E-state index contributed by atoms with van der Waals surface area (Å²) >= 11 is 1.52. The predicted molar refractivity (Wildman–Crippen MR) is 113 cm³/mol. The third-order valence-corrected chi connectivity index (χ3v) is 5.86. The van der Waals surface area contributed by atoms with Gasteiger partial charge in [0.2, 0.25) is 0 Å². The van der Waals surface area contributed by atoms with Crippen molar-refractivity contribution < 1.29 is 19.0 Å². The molecule has 0 fully saturated rings. The number of aromatic nitrogens is 2. The molecule has 0 atom stereocenters. The molecule has 2 heterocycles. The Bertz CT molecular complexity index is 1090. The van der Waals surface area contributed by atoms with Crippen LogP contribution in [0.15, 0.2) is 29.1 Å². The fourth-order valence-corrected chi connectivity index (χ4v) is 4.08. The first kappa shape index (κ1) is 20.9. The lowest BCUT2D eigenvalue weighted by molar-refractivity contribution is -0.140. The van der Waals surface area contributed by atoms with Gasteiger partial charge in [-0.05, 0) is 37.1 Å². The molecule has 0 aliphatic heterocycles. The number of aryl methyl sites for hydroxylation is 1. The zero-order valence-corrected chi connectivity index (χ0v) is 17.8. The van der Waals surface area contributed by atoms with Crippen LogP contribution in [-0.4, -0.2) is 36.8 Å². The lowest BCUT2D eigenvalue weighted by atomic mass is 10.1. The monoisotopic (exact) mass is 416 g/mol. The molecule has 2 aromatic heterocycles. The van der Waals surface area contributed by atoms with Crippen molar-refractivity contribution in [3.05, 3.63) is 39.5 Å². The summed E-state index contributed by atoms with van der Waals surface area (Å²) in [6.45, 7) is 2.41. The van der Waals surface area contributed by atoms with Gasteiger partial charge >= 0.3 is 5.97 Å². The van der Waals surface area contributed by atoms with E-state index in [1.807, 2.05) is 12.1 Å². The molecule has 8 heteroatoms. The van der Waals surface area contributed by atoms with E-state index in [1.54, 1.807) is 30.9 Å². The highest BCUT2D eigenvalue weighted by Crippen LogP contribution is 2.32. The molecular weight excluding hydrogens is 392 g/mol. The number of ether oxygens (including phenoxy) is 3. The summed E-state index contributed by atoms with van der Waals surface area (Å²) in [4.78, 5) is 31.3. The highest BCUT2D eigenvalue weighted by molar-refractivity contribution is 7.18. The van der Waals surface area contributed by atoms with Crippen molar-refractivity contribution in [2.24, 2.45) is 0 Å². The number of methoxy groups -OCH3 is 3. The lowest BCUT2D eigenvalue weighted by Gasteiger charge is -2.14. The highest BCUT2D eigenvalue weighted by Gasteiger charge is 2.17. The third kappa shape index (κ3) is 4.27. The molecule has 0 saturated heterocycles. The first-order valence-electron chi connectivity index (χ1n) is 9.34. The predicted octanol–water partition coefficient (Wildman–Crippen LogP) is 3.66. The highest BCUT2D eigenvalue weighted by atomic mass is 32.1. The van der Waals surface area contributed by atoms with E-state index in [-0.39, 0.29) is 17.9 Å². The molecule has 29 heavy (non-hydrogen) atoms. The van der Waals surface area contributed by atoms with Crippen LogP contribution in [0, 0.1) is 0 Å². The molecule has 0 aliphatic rings. The van der Waals surface area contributed by atoms with Crippen molar-refractivity contribution in [2.45, 2.75) is 32.7 Å². The van der Waals surface area contributed by atoms with Crippen molar-refractivity contribution in [3.63, 3.8) is 0 Å². The van der Waals surface area contributed by atoms with Gasteiger partial charge in [0.25, 0.3) is 5.56 Å². The van der Waals surface area contributed by atoms with Gasteiger partial charge in [0, 0.05) is 23.4 Å². The maximum absolute atomic E-state index is 13.2. The van der Waals surface area contributed by atoms with Crippen molar-refractivity contribution in [1.29, 1.82) is 0 Å². The zero-order valence-electron chi connectivity index (χ0n) is 17.0. The van der Waals surface area contributed by atoms with E-state index in [1.165, 1.54) is 18.4 Å². The van der Waals surface area contributed by atoms with Gasteiger partial charge in [-0.3, -0.25) is 14.2 Å². The van der Waals surface area contributed by atoms with Crippen LogP contribution in [0.4, 0.5) is 0 Å². The molecule has 3 rings (SSSR count). The number of carbonyl (C=O) groups excluding carboxylic acids is 1. The van der Waals surface area contributed by atoms with Crippen LogP contribution in [0.3, 0.4) is 0 Å². The van der Waals surface area contributed by atoms with Crippen molar-refractivity contribution in [2.75, 3.05) is 21.3 Å². The fourth-order valence-electron chi connectivity index (χ4n) is 3.13. The molecular formula is C21H24N2O5S. The number of carbonyl (C=O) groups is 1. The van der Waals surface area contributed by atoms with Crippen LogP contribution in [0.25, 0.3) is 21.6 Å². The van der Waals surface area contributed by atoms with E-state index in [2.05, 4.69) is 6.92 Å². The Morgan fingerprint density at radius 2 is 1.90 bits per heavy atom. The van der Waals surface area contributed by atoms with Crippen LogP contribution in [0.5, 0.6) is 11.5 Å². The van der Waals surface area contributed by atoms with Crippen LogP contribution in [-0.2, 0) is 22.5 Å². The van der Waals surface area contributed by atoms with E-state index in [9.17, 15) is 9.59 Å². The molecule has 0 unspecified atom stereocenters. The lowest BCUT2D eigenvalue weighted by Crippen LogP contribution is -2.23. The molecule has 3 aromatic rings. The van der Waals surface area contributed by atoms with Gasteiger partial charge in [-0.15, -0.1) is 11.3 Å². The fraction of sp³-hybridized carbons (Fsp3) is 0.381. The summed E-state index contributed by atoms with van der Waals surface area (Å²) in [6, 6.07) is 7.34. The molecule has 0 aliphatic carbocycles. The van der Waals surface area contributed by atoms with Gasteiger partial charge in [0.15, 0.2) is 11.5 Å². The minimum Gasteiger partial charge on any atom is -0.493 e. The molecule has 7 nitrogen and oxygen atoms in total. The Labute approximate surface area is 172 Å². The SMILES string of the molecule is CCc1cc2c(=O)n(CCCC(=O)OC)c(-c3ccc(OC)c(OC)c3)nc2s1. The molecule has 0 saturated carbocycles. The Morgan fingerprint density at radius 1 is 1.14 bits per heavy atom. The van der Waals surface area contributed by atoms with Crippen molar-refractivity contribution in [1.82, 2.24) is 9.55 Å². The van der Waals surface area contributed by atoms with Crippen LogP contribution in [0.1, 0.15) is 24.6 Å². The zero-order chi connectivity index (χ0) is 21.0. The minimum absolute atomic E-state index is 0.111. The van der Waals surface area contributed by atoms with Crippen LogP contribution < -0.4 is 15.0 Å². The smallest absolute Gasteiger partial charge is 0.305 e.